The fraction of sp³-hybridized carbons (Fsp3) is 0.600. The van der Waals surface area contributed by atoms with Gasteiger partial charge in [0.2, 0.25) is 5.78 Å². The van der Waals surface area contributed by atoms with E-state index in [0.29, 0.717) is 29.7 Å². The molecule has 3 heteroatoms. The number of fused-ring (bicyclic) bond motifs is 1. The van der Waals surface area contributed by atoms with Crippen molar-refractivity contribution in [3.63, 3.8) is 0 Å². The number of carbonyl (C=O) groups is 2. The summed E-state index contributed by atoms with van der Waals surface area (Å²) in [5.41, 5.74) is 1.97. The number of aliphatic hydroxyl groups excluding tert-OH is 1. The third kappa shape index (κ3) is 2.71. The van der Waals surface area contributed by atoms with Gasteiger partial charge in [0.15, 0.2) is 11.5 Å². The Bertz CT molecular complexity index is 637. The Morgan fingerprint density at radius 2 is 1.96 bits per heavy atom. The van der Waals surface area contributed by atoms with E-state index in [2.05, 4.69) is 26.8 Å². The molecule has 0 saturated heterocycles. The lowest BCUT2D eigenvalue weighted by Crippen LogP contribution is -2.45. The molecule has 3 rings (SSSR count). The molecule has 0 aromatic heterocycles. The van der Waals surface area contributed by atoms with E-state index in [1.165, 1.54) is 18.1 Å². The number of Topliss-reactive ketones (excluding diaryl/α,β-unsaturated/α-hetero) is 1. The van der Waals surface area contributed by atoms with Crippen LogP contribution in [-0.2, 0) is 9.59 Å². The Morgan fingerprint density at radius 3 is 2.70 bits per heavy atom. The van der Waals surface area contributed by atoms with Crippen LogP contribution in [0, 0.1) is 23.2 Å². The largest absolute Gasteiger partial charge is 0.504 e. The normalized spacial score (nSPS) is 37.7. The summed E-state index contributed by atoms with van der Waals surface area (Å²) in [7, 11) is 0. The standard InChI is InChI=1S/C20H26O3/c1-12-5-4-6-17-16(12)8-7-13(2)20(17,3)11-14-9-15(21)10-18(22)19(14)23/h5,9-10,13,16-17,22H,4,6-8,11H2,1-3H3. The van der Waals surface area contributed by atoms with Crippen molar-refractivity contribution < 1.29 is 14.7 Å². The van der Waals surface area contributed by atoms with Crippen LogP contribution in [0.4, 0.5) is 0 Å². The molecular weight excluding hydrogens is 288 g/mol. The average Bonchev–Trinajstić information content (AvgIpc) is 2.49. The van der Waals surface area contributed by atoms with E-state index in [1.807, 2.05) is 0 Å². The van der Waals surface area contributed by atoms with E-state index in [9.17, 15) is 14.7 Å². The molecular formula is C20H26O3. The molecule has 23 heavy (non-hydrogen) atoms. The molecule has 4 atom stereocenters. The van der Waals surface area contributed by atoms with Crippen molar-refractivity contribution >= 4 is 11.6 Å². The highest BCUT2D eigenvalue weighted by atomic mass is 16.3. The zero-order chi connectivity index (χ0) is 16.8. The highest BCUT2D eigenvalue weighted by Crippen LogP contribution is 2.56. The summed E-state index contributed by atoms with van der Waals surface area (Å²) in [5, 5.41) is 9.71. The van der Waals surface area contributed by atoms with Crippen LogP contribution in [0.3, 0.4) is 0 Å². The minimum Gasteiger partial charge on any atom is -0.504 e. The number of allylic oxidation sites excluding steroid dienone is 5. The molecule has 1 saturated carbocycles. The summed E-state index contributed by atoms with van der Waals surface area (Å²) < 4.78 is 0. The van der Waals surface area contributed by atoms with Crippen molar-refractivity contribution in [3.05, 3.63) is 35.1 Å². The molecule has 0 aliphatic heterocycles. The van der Waals surface area contributed by atoms with E-state index in [1.54, 1.807) is 0 Å². The van der Waals surface area contributed by atoms with Gasteiger partial charge in [0.25, 0.3) is 0 Å². The van der Waals surface area contributed by atoms with Crippen molar-refractivity contribution in [1.29, 1.82) is 0 Å². The fourth-order valence-electron chi connectivity index (χ4n) is 4.99. The Hall–Kier alpha value is -1.64. The van der Waals surface area contributed by atoms with Gasteiger partial charge in [-0.1, -0.05) is 25.5 Å². The highest BCUT2D eigenvalue weighted by Gasteiger charge is 2.48. The summed E-state index contributed by atoms with van der Waals surface area (Å²) in [6.45, 7) is 6.78. The predicted octanol–water partition coefficient (Wildman–Crippen LogP) is 4.31. The maximum Gasteiger partial charge on any atom is 0.223 e. The molecule has 1 N–H and O–H groups in total. The number of carbonyl (C=O) groups excluding carboxylic acids is 2. The summed E-state index contributed by atoms with van der Waals surface area (Å²) in [6, 6.07) is 0. The number of rotatable bonds is 2. The molecule has 124 valence electrons. The fourth-order valence-corrected chi connectivity index (χ4v) is 4.99. The van der Waals surface area contributed by atoms with Gasteiger partial charge in [0, 0.05) is 11.6 Å². The number of aliphatic hydroxyl groups is 1. The van der Waals surface area contributed by atoms with Gasteiger partial charge in [-0.3, -0.25) is 9.59 Å². The van der Waals surface area contributed by atoms with Gasteiger partial charge < -0.3 is 5.11 Å². The zero-order valence-corrected chi connectivity index (χ0v) is 14.3. The smallest absolute Gasteiger partial charge is 0.223 e. The maximum atomic E-state index is 12.3. The first-order valence-electron chi connectivity index (χ1n) is 8.69. The van der Waals surface area contributed by atoms with Crippen molar-refractivity contribution in [1.82, 2.24) is 0 Å². The lowest BCUT2D eigenvalue weighted by molar-refractivity contribution is -0.118. The lowest BCUT2D eigenvalue weighted by atomic mass is 9.52. The molecule has 3 aliphatic rings. The van der Waals surface area contributed by atoms with E-state index < -0.39 is 5.76 Å². The minimum atomic E-state index is -0.407. The first kappa shape index (κ1) is 16.2. The lowest BCUT2D eigenvalue weighted by Gasteiger charge is -2.52. The number of hydrogen-bond donors (Lipinski definition) is 1. The first-order chi connectivity index (χ1) is 10.8. The van der Waals surface area contributed by atoms with Crippen LogP contribution in [0.25, 0.3) is 0 Å². The predicted molar refractivity (Wildman–Crippen MR) is 89.9 cm³/mol. The van der Waals surface area contributed by atoms with E-state index in [0.717, 1.165) is 25.3 Å². The Labute approximate surface area is 138 Å². The van der Waals surface area contributed by atoms with E-state index in [-0.39, 0.29) is 17.0 Å². The van der Waals surface area contributed by atoms with Crippen LogP contribution in [0.5, 0.6) is 0 Å². The molecule has 0 bridgehead atoms. The van der Waals surface area contributed by atoms with Crippen molar-refractivity contribution in [2.75, 3.05) is 0 Å². The Morgan fingerprint density at radius 1 is 1.22 bits per heavy atom. The number of ketones is 2. The van der Waals surface area contributed by atoms with Gasteiger partial charge >= 0.3 is 0 Å². The Balaban J connectivity index is 1.91. The minimum absolute atomic E-state index is 0.00215. The monoisotopic (exact) mass is 314 g/mol. The second-order valence-electron chi connectivity index (χ2n) is 7.83. The molecule has 4 unspecified atom stereocenters. The molecule has 0 amide bonds. The van der Waals surface area contributed by atoms with E-state index >= 15 is 0 Å². The van der Waals surface area contributed by atoms with Gasteiger partial charge in [-0.25, -0.2) is 0 Å². The molecule has 0 spiro atoms. The van der Waals surface area contributed by atoms with Crippen LogP contribution in [0.1, 0.15) is 52.9 Å². The van der Waals surface area contributed by atoms with Crippen LogP contribution in [0.2, 0.25) is 0 Å². The van der Waals surface area contributed by atoms with Gasteiger partial charge in [-0.05, 0) is 68.3 Å². The molecule has 0 heterocycles. The summed E-state index contributed by atoms with van der Waals surface area (Å²) in [6.07, 6.45) is 10.0. The summed E-state index contributed by atoms with van der Waals surface area (Å²) in [5.74, 6) is 0.600. The molecule has 0 aromatic carbocycles. The molecule has 0 radical (unpaired) electrons. The Kier molecular flexibility index (Phi) is 4.07. The van der Waals surface area contributed by atoms with Crippen molar-refractivity contribution in [2.45, 2.75) is 52.9 Å². The van der Waals surface area contributed by atoms with Crippen LogP contribution in [-0.4, -0.2) is 16.7 Å². The third-order valence-electron chi connectivity index (χ3n) is 6.59. The maximum absolute atomic E-state index is 12.3. The molecule has 3 aliphatic carbocycles. The molecule has 0 aromatic rings. The summed E-state index contributed by atoms with van der Waals surface area (Å²) in [4.78, 5) is 24.0. The second-order valence-corrected chi connectivity index (χ2v) is 7.83. The topological polar surface area (TPSA) is 54.4 Å². The van der Waals surface area contributed by atoms with Gasteiger partial charge in [0.05, 0.1) is 0 Å². The molecule has 3 nitrogen and oxygen atoms in total. The zero-order valence-electron chi connectivity index (χ0n) is 14.3. The van der Waals surface area contributed by atoms with Gasteiger partial charge in [-0.2, -0.15) is 0 Å². The second kappa shape index (κ2) is 5.77. The van der Waals surface area contributed by atoms with Gasteiger partial charge in [-0.15, -0.1) is 0 Å². The number of hydrogen-bond acceptors (Lipinski definition) is 3. The first-order valence-corrected chi connectivity index (χ1v) is 8.69. The average molecular weight is 314 g/mol. The van der Waals surface area contributed by atoms with Gasteiger partial charge in [0.1, 0.15) is 0 Å². The molecule has 1 fully saturated rings. The third-order valence-corrected chi connectivity index (χ3v) is 6.59. The SMILES string of the molecule is CC1=CCCC2C1CCC(C)C2(C)CC1=CC(=O)C=C(O)C1=O. The highest BCUT2D eigenvalue weighted by molar-refractivity contribution is 6.19. The van der Waals surface area contributed by atoms with Crippen molar-refractivity contribution in [2.24, 2.45) is 23.2 Å². The van der Waals surface area contributed by atoms with Crippen molar-refractivity contribution in [3.8, 4) is 0 Å². The summed E-state index contributed by atoms with van der Waals surface area (Å²) >= 11 is 0. The quantitative estimate of drug-likeness (QED) is 0.610. The van der Waals surface area contributed by atoms with Crippen LogP contribution < -0.4 is 0 Å². The van der Waals surface area contributed by atoms with Crippen LogP contribution >= 0.6 is 0 Å². The van der Waals surface area contributed by atoms with E-state index in [4.69, 9.17) is 0 Å². The van der Waals surface area contributed by atoms with Crippen LogP contribution in [0.15, 0.2) is 35.1 Å².